The van der Waals surface area contributed by atoms with Crippen LogP contribution in [0.1, 0.15) is 5.82 Å². The maximum Gasteiger partial charge on any atom is 0.0994 e. The minimum atomic E-state index is -0.122. The fourth-order valence-electron chi connectivity index (χ4n) is 6.72. The number of pyridine rings is 1. The van der Waals surface area contributed by atoms with E-state index < -0.39 is 0 Å². The van der Waals surface area contributed by atoms with E-state index in [4.69, 9.17) is 4.98 Å². The van der Waals surface area contributed by atoms with Gasteiger partial charge in [0.1, 0.15) is 0 Å². The number of para-hydroxylation sites is 2. The van der Waals surface area contributed by atoms with Crippen LogP contribution in [0.2, 0.25) is 0 Å². The molecule has 0 amide bonds. The van der Waals surface area contributed by atoms with Gasteiger partial charge in [-0.15, -0.1) is 0 Å². The Balaban J connectivity index is 1.36. The number of aromatic nitrogens is 3. The lowest BCUT2D eigenvalue weighted by Gasteiger charge is -2.21. The summed E-state index contributed by atoms with van der Waals surface area (Å²) in [6.07, 6.45) is 3.69. The Bertz CT molecular complexity index is 2300. The van der Waals surface area contributed by atoms with Crippen LogP contribution in [0.25, 0.3) is 71.6 Å². The molecule has 0 unspecified atom stereocenters. The summed E-state index contributed by atoms with van der Waals surface area (Å²) in [5, 5.41) is 4.86. The summed E-state index contributed by atoms with van der Waals surface area (Å²) in [4.78, 5) is 9.27. The maximum absolute atomic E-state index is 5.09. The number of hydrogen-bond acceptors (Lipinski definition) is 2. The van der Waals surface area contributed by atoms with Crippen LogP contribution in [0, 0.1) is 0 Å². The Labute approximate surface area is 265 Å². The Kier molecular flexibility index (Phi) is 6.46. The van der Waals surface area contributed by atoms with Crippen LogP contribution in [0.15, 0.2) is 146 Å². The van der Waals surface area contributed by atoms with Crippen LogP contribution in [0.5, 0.6) is 0 Å². The molecule has 0 atom stereocenters. The average Bonchev–Trinajstić information content (AvgIpc) is 3.48. The molecule has 0 fully saturated rings. The molecule has 210 valence electrons. The number of imidazole rings is 1. The molecule has 3 nitrogen and oxygen atoms in total. The van der Waals surface area contributed by atoms with E-state index >= 15 is 0 Å². The highest BCUT2D eigenvalue weighted by atomic mass is 15.1. The number of fused-ring (bicyclic) bond motifs is 3. The van der Waals surface area contributed by atoms with E-state index in [1.165, 1.54) is 54.9 Å². The van der Waals surface area contributed by atoms with E-state index in [-0.39, 0.29) is 5.11 Å². The van der Waals surface area contributed by atoms with Crippen molar-refractivity contribution >= 4 is 56.1 Å². The largest absolute Gasteiger partial charge is 0.298 e. The highest BCUT2D eigenvalue weighted by molar-refractivity contribution is 6.58. The summed E-state index contributed by atoms with van der Waals surface area (Å²) >= 11 is 0. The van der Waals surface area contributed by atoms with Crippen molar-refractivity contribution in [3.05, 3.63) is 152 Å². The third kappa shape index (κ3) is 4.65. The van der Waals surface area contributed by atoms with Crippen LogP contribution in [-0.2, 0) is 5.11 Å². The highest BCUT2D eigenvalue weighted by Gasteiger charge is 2.24. The number of hydrogen-bond donors (Lipinski definition) is 0. The Morgan fingerprint density at radius 3 is 1.64 bits per heavy atom. The fourth-order valence-corrected chi connectivity index (χ4v) is 6.72. The van der Waals surface area contributed by atoms with Crippen LogP contribution in [-0.4, -0.2) is 38.1 Å². The number of rotatable bonds is 5. The summed E-state index contributed by atoms with van der Waals surface area (Å²) in [7, 11) is 6.70. The zero-order valence-corrected chi connectivity index (χ0v) is 25.7. The molecule has 0 spiro atoms. The van der Waals surface area contributed by atoms with Gasteiger partial charge in [0.15, 0.2) is 0 Å². The van der Waals surface area contributed by atoms with E-state index in [0.29, 0.717) is 0 Å². The van der Waals surface area contributed by atoms with Gasteiger partial charge >= 0.3 is 0 Å². The molecule has 0 bridgehead atoms. The van der Waals surface area contributed by atoms with Gasteiger partial charge in [-0.2, -0.15) is 0 Å². The fraction of sp³-hybridized carbons (Fsp3) is 0.0256. The molecule has 45 heavy (non-hydrogen) atoms. The number of nitrogens with zero attached hydrogens (tertiary/aromatic N) is 3. The topological polar surface area (TPSA) is 30.7 Å². The number of benzene rings is 6. The molecule has 6 heteroatoms. The standard InChI is InChI=1S/C39H30B3N3/c40-39(41,42)38-44-34-14-5-6-15-35(34)45(38)29-9-7-8-28(24-29)37-32-12-3-1-10-30(32)36(31-11-2-4-13-33(31)37)27-18-16-25(17-19-27)26-20-22-43-23-21-26/h1-24H,40-42H2. The van der Waals surface area contributed by atoms with Gasteiger partial charge < -0.3 is 0 Å². The minimum Gasteiger partial charge on any atom is -0.298 e. The van der Waals surface area contributed by atoms with E-state index in [2.05, 4.69) is 167 Å². The molecule has 0 saturated carbocycles. The third-order valence-electron chi connectivity index (χ3n) is 8.74. The average molecular weight is 573 g/mol. The Morgan fingerprint density at radius 2 is 1.02 bits per heavy atom. The van der Waals surface area contributed by atoms with Gasteiger partial charge in [-0.05, 0) is 91.3 Å². The summed E-state index contributed by atoms with van der Waals surface area (Å²) < 4.78 is 2.34. The second-order valence-corrected chi connectivity index (χ2v) is 12.7. The van der Waals surface area contributed by atoms with Gasteiger partial charge in [0.25, 0.3) is 0 Å². The van der Waals surface area contributed by atoms with Crippen molar-refractivity contribution in [2.45, 2.75) is 5.11 Å². The zero-order valence-electron chi connectivity index (χ0n) is 25.7. The minimum absolute atomic E-state index is 0.122. The SMILES string of the molecule is BC(B)(B)c1nc2ccccc2n1-c1cccc(-c2c3ccccc3c(-c3ccc(-c4ccncc4)cc3)c3ccccc23)c1. The summed E-state index contributed by atoms with van der Waals surface area (Å²) in [5.74, 6) is 1.06. The normalized spacial score (nSPS) is 11.8. The van der Waals surface area contributed by atoms with E-state index in [9.17, 15) is 0 Å². The summed E-state index contributed by atoms with van der Waals surface area (Å²) in [6, 6.07) is 48.1. The van der Waals surface area contributed by atoms with E-state index in [0.717, 1.165) is 22.5 Å². The van der Waals surface area contributed by atoms with Crippen LogP contribution < -0.4 is 0 Å². The lowest BCUT2D eigenvalue weighted by atomic mass is 9.42. The molecule has 6 aromatic carbocycles. The lowest BCUT2D eigenvalue weighted by molar-refractivity contribution is 0.930. The van der Waals surface area contributed by atoms with E-state index in [1.54, 1.807) is 0 Å². The molecule has 0 aliphatic rings. The van der Waals surface area contributed by atoms with Crippen molar-refractivity contribution in [1.29, 1.82) is 0 Å². The predicted octanol–water partition coefficient (Wildman–Crippen LogP) is 6.74. The molecule has 0 N–H and O–H groups in total. The first-order valence-corrected chi connectivity index (χ1v) is 15.5. The molecule has 8 rings (SSSR count). The molecular formula is C39H30B3N3. The molecular weight excluding hydrogens is 543 g/mol. The van der Waals surface area contributed by atoms with Crippen molar-refractivity contribution < 1.29 is 0 Å². The van der Waals surface area contributed by atoms with Gasteiger partial charge in [0.2, 0.25) is 0 Å². The lowest BCUT2D eigenvalue weighted by Crippen LogP contribution is -2.31. The first-order valence-electron chi connectivity index (χ1n) is 15.5. The molecule has 0 saturated heterocycles. The van der Waals surface area contributed by atoms with Gasteiger partial charge in [-0.25, -0.2) is 4.98 Å². The Morgan fingerprint density at radius 1 is 0.489 bits per heavy atom. The van der Waals surface area contributed by atoms with Crippen molar-refractivity contribution in [3.8, 4) is 39.1 Å². The second kappa shape index (κ2) is 10.7. The van der Waals surface area contributed by atoms with Gasteiger partial charge in [-0.3, -0.25) is 9.55 Å². The summed E-state index contributed by atoms with van der Waals surface area (Å²) in [5.41, 5.74) is 10.5. The van der Waals surface area contributed by atoms with Crippen molar-refractivity contribution in [1.82, 2.24) is 14.5 Å². The highest BCUT2D eigenvalue weighted by Crippen LogP contribution is 2.44. The van der Waals surface area contributed by atoms with Crippen molar-refractivity contribution in [2.75, 3.05) is 0 Å². The van der Waals surface area contributed by atoms with Crippen LogP contribution >= 0.6 is 0 Å². The second-order valence-electron chi connectivity index (χ2n) is 12.7. The first kappa shape index (κ1) is 27.2. The van der Waals surface area contributed by atoms with Crippen LogP contribution in [0.3, 0.4) is 0 Å². The molecule has 2 aromatic heterocycles. The summed E-state index contributed by atoms with van der Waals surface area (Å²) in [6.45, 7) is 0. The monoisotopic (exact) mass is 573 g/mol. The smallest absolute Gasteiger partial charge is 0.0994 e. The predicted molar refractivity (Wildman–Crippen MR) is 197 cm³/mol. The van der Waals surface area contributed by atoms with Gasteiger partial charge in [0.05, 0.1) is 40.4 Å². The molecule has 0 aliphatic heterocycles. The third-order valence-corrected chi connectivity index (χ3v) is 8.74. The quantitative estimate of drug-likeness (QED) is 0.169. The van der Waals surface area contributed by atoms with Gasteiger partial charge in [-0.1, -0.05) is 102 Å². The van der Waals surface area contributed by atoms with Gasteiger partial charge in [0, 0.05) is 18.1 Å². The van der Waals surface area contributed by atoms with Crippen molar-refractivity contribution in [2.24, 2.45) is 0 Å². The molecule has 2 heterocycles. The van der Waals surface area contributed by atoms with E-state index in [1.807, 2.05) is 12.4 Å². The van der Waals surface area contributed by atoms with Crippen molar-refractivity contribution in [3.63, 3.8) is 0 Å². The molecule has 0 aliphatic carbocycles. The Hall–Kier alpha value is -5.35. The zero-order chi connectivity index (χ0) is 30.5. The first-order chi connectivity index (χ1) is 22.0. The maximum atomic E-state index is 5.09. The molecule has 0 radical (unpaired) electrons. The van der Waals surface area contributed by atoms with Crippen LogP contribution in [0.4, 0.5) is 0 Å². The molecule has 8 aromatic rings.